The summed E-state index contributed by atoms with van der Waals surface area (Å²) in [4.78, 5) is 16.0. The molecule has 1 N–H and O–H groups in total. The van der Waals surface area contributed by atoms with E-state index in [1.165, 1.54) is 0 Å². The van der Waals surface area contributed by atoms with E-state index in [1.807, 2.05) is 18.2 Å². The van der Waals surface area contributed by atoms with Crippen LogP contribution in [0.15, 0.2) is 42.5 Å². The molecule has 29 heavy (non-hydrogen) atoms. The fourth-order valence-electron chi connectivity index (χ4n) is 2.54. The van der Waals surface area contributed by atoms with Crippen LogP contribution in [-0.4, -0.2) is 33.2 Å². The summed E-state index contributed by atoms with van der Waals surface area (Å²) in [7, 11) is 0. The Kier molecular flexibility index (Phi) is 7.36. The number of rotatable bonds is 8. The summed E-state index contributed by atoms with van der Waals surface area (Å²) < 4.78 is 7.34. The summed E-state index contributed by atoms with van der Waals surface area (Å²) in [5.74, 6) is 0.181. The molecular weight excluding hydrogens is 435 g/mol. The number of anilines is 1. The second-order valence-electron chi connectivity index (χ2n) is 6.19. The zero-order valence-corrected chi connectivity index (χ0v) is 17.9. The van der Waals surface area contributed by atoms with Gasteiger partial charge in [0, 0.05) is 11.3 Å². The maximum Gasteiger partial charge on any atom is 0.336 e. The van der Waals surface area contributed by atoms with Gasteiger partial charge < -0.3 is 10.1 Å². The van der Waals surface area contributed by atoms with Gasteiger partial charge >= 0.3 is 6.01 Å². The van der Waals surface area contributed by atoms with Crippen molar-refractivity contribution >= 4 is 46.4 Å². The Morgan fingerprint density at radius 2 is 1.90 bits per heavy atom. The van der Waals surface area contributed by atoms with Crippen LogP contribution in [0.5, 0.6) is 6.01 Å². The van der Waals surface area contributed by atoms with Crippen LogP contribution < -0.4 is 10.1 Å². The molecule has 0 atom stereocenters. The lowest BCUT2D eigenvalue weighted by Gasteiger charge is -2.08. The van der Waals surface area contributed by atoms with Gasteiger partial charge in [-0.2, -0.15) is 4.98 Å². The Morgan fingerprint density at radius 3 is 2.55 bits per heavy atom. The molecule has 0 saturated carbocycles. The van der Waals surface area contributed by atoms with E-state index in [9.17, 15) is 4.79 Å². The van der Waals surface area contributed by atoms with Crippen LogP contribution >= 0.6 is 34.8 Å². The highest BCUT2D eigenvalue weighted by Gasteiger charge is 2.16. The standard InChI is InChI=1S/C20H19Cl3N4O2/c1-2-3-10-29-20-25-19(13-4-9-16(22)17(23)11-13)27(26-20)15-7-5-14(6-8-15)24-18(28)12-21/h4-9,11H,2-3,10,12H2,1H3,(H,24,28). The van der Waals surface area contributed by atoms with Crippen LogP contribution in [0.2, 0.25) is 10.0 Å². The summed E-state index contributed by atoms with van der Waals surface area (Å²) in [6, 6.07) is 12.7. The lowest BCUT2D eigenvalue weighted by Crippen LogP contribution is -2.12. The Hall–Kier alpha value is -2.28. The van der Waals surface area contributed by atoms with Gasteiger partial charge in [0.25, 0.3) is 0 Å². The smallest absolute Gasteiger partial charge is 0.336 e. The lowest BCUT2D eigenvalue weighted by molar-refractivity contribution is -0.113. The molecule has 0 saturated heterocycles. The van der Waals surface area contributed by atoms with E-state index in [1.54, 1.807) is 28.9 Å². The van der Waals surface area contributed by atoms with Crippen molar-refractivity contribution in [2.24, 2.45) is 0 Å². The third kappa shape index (κ3) is 5.41. The van der Waals surface area contributed by atoms with E-state index in [0.717, 1.165) is 24.1 Å². The highest BCUT2D eigenvalue weighted by atomic mass is 35.5. The minimum Gasteiger partial charge on any atom is -0.462 e. The van der Waals surface area contributed by atoms with Crippen LogP contribution in [0.4, 0.5) is 5.69 Å². The molecule has 0 aliphatic heterocycles. The topological polar surface area (TPSA) is 69.0 Å². The van der Waals surface area contributed by atoms with E-state index in [-0.39, 0.29) is 17.8 Å². The van der Waals surface area contributed by atoms with Crippen molar-refractivity contribution in [3.63, 3.8) is 0 Å². The molecule has 6 nitrogen and oxygen atoms in total. The molecule has 1 heterocycles. The molecule has 0 aliphatic rings. The van der Waals surface area contributed by atoms with E-state index in [0.29, 0.717) is 28.2 Å². The molecule has 0 aliphatic carbocycles. The predicted octanol–water partition coefficient (Wildman–Crippen LogP) is 5.60. The van der Waals surface area contributed by atoms with Gasteiger partial charge in [-0.05, 0) is 48.9 Å². The van der Waals surface area contributed by atoms with Crippen LogP contribution in [0, 0.1) is 0 Å². The molecule has 2 aromatic carbocycles. The van der Waals surface area contributed by atoms with Crippen molar-refractivity contribution in [2.75, 3.05) is 17.8 Å². The van der Waals surface area contributed by atoms with Crippen molar-refractivity contribution in [2.45, 2.75) is 19.8 Å². The van der Waals surface area contributed by atoms with Crippen LogP contribution in [0.1, 0.15) is 19.8 Å². The molecular formula is C20H19Cl3N4O2. The SMILES string of the molecule is CCCCOc1nc(-c2ccc(Cl)c(Cl)c2)n(-c2ccc(NC(=O)CCl)cc2)n1. The van der Waals surface area contributed by atoms with Gasteiger partial charge in [0.1, 0.15) is 5.88 Å². The number of hydrogen-bond acceptors (Lipinski definition) is 4. The maximum absolute atomic E-state index is 11.5. The molecule has 9 heteroatoms. The van der Waals surface area contributed by atoms with Crippen molar-refractivity contribution in [1.29, 1.82) is 0 Å². The quantitative estimate of drug-likeness (QED) is 0.356. The fraction of sp³-hybridized carbons (Fsp3) is 0.250. The number of aromatic nitrogens is 3. The van der Waals surface area contributed by atoms with E-state index < -0.39 is 0 Å². The number of nitrogens with zero attached hydrogens (tertiary/aromatic N) is 3. The van der Waals surface area contributed by atoms with Gasteiger partial charge in [0.2, 0.25) is 5.91 Å². The first-order chi connectivity index (χ1) is 14.0. The van der Waals surface area contributed by atoms with Gasteiger partial charge in [-0.25, -0.2) is 4.68 Å². The van der Waals surface area contributed by atoms with Crippen molar-refractivity contribution < 1.29 is 9.53 Å². The molecule has 0 bridgehead atoms. The molecule has 1 aromatic heterocycles. The summed E-state index contributed by atoms with van der Waals surface area (Å²) in [6.45, 7) is 2.62. The molecule has 0 fully saturated rings. The zero-order chi connectivity index (χ0) is 20.8. The number of hydrogen-bond donors (Lipinski definition) is 1. The lowest BCUT2D eigenvalue weighted by atomic mass is 10.2. The summed E-state index contributed by atoms with van der Waals surface area (Å²) in [6.07, 6.45) is 1.92. The van der Waals surface area contributed by atoms with Gasteiger partial charge in [0.15, 0.2) is 5.82 Å². The number of carbonyl (C=O) groups excluding carboxylic acids is 1. The Morgan fingerprint density at radius 1 is 1.14 bits per heavy atom. The minimum absolute atomic E-state index is 0.106. The molecule has 0 unspecified atom stereocenters. The van der Waals surface area contributed by atoms with E-state index >= 15 is 0 Å². The monoisotopic (exact) mass is 452 g/mol. The molecule has 1 amide bonds. The highest BCUT2D eigenvalue weighted by Crippen LogP contribution is 2.30. The third-order valence-corrected chi connectivity index (χ3v) is 4.99. The minimum atomic E-state index is -0.275. The molecule has 0 radical (unpaired) electrons. The Bertz CT molecular complexity index is 990. The van der Waals surface area contributed by atoms with Crippen LogP contribution in [0.25, 0.3) is 17.1 Å². The van der Waals surface area contributed by atoms with Gasteiger partial charge in [-0.15, -0.1) is 16.7 Å². The predicted molar refractivity (Wildman–Crippen MR) is 117 cm³/mol. The summed E-state index contributed by atoms with van der Waals surface area (Å²) in [5, 5.41) is 8.06. The zero-order valence-electron chi connectivity index (χ0n) is 15.7. The summed E-state index contributed by atoms with van der Waals surface area (Å²) in [5.41, 5.74) is 2.12. The number of unbranched alkanes of at least 4 members (excludes halogenated alkanes) is 1. The number of carbonyl (C=O) groups is 1. The number of nitrogens with one attached hydrogen (secondary N) is 1. The molecule has 3 aromatic rings. The normalized spacial score (nSPS) is 10.8. The number of ether oxygens (including phenoxy) is 1. The first-order valence-corrected chi connectivity index (χ1v) is 10.3. The Balaban J connectivity index is 1.97. The second kappa shape index (κ2) is 9.96. The maximum atomic E-state index is 11.5. The summed E-state index contributed by atoms with van der Waals surface area (Å²) >= 11 is 17.8. The molecule has 3 rings (SSSR count). The van der Waals surface area contributed by atoms with Gasteiger partial charge in [-0.3, -0.25) is 4.79 Å². The van der Waals surface area contributed by atoms with Crippen molar-refractivity contribution in [1.82, 2.24) is 14.8 Å². The number of halogens is 3. The largest absolute Gasteiger partial charge is 0.462 e. The first kappa shape index (κ1) is 21.4. The Labute approximate surface area is 183 Å². The first-order valence-electron chi connectivity index (χ1n) is 9.03. The average Bonchev–Trinajstić information content (AvgIpc) is 3.15. The van der Waals surface area contributed by atoms with Crippen LogP contribution in [0.3, 0.4) is 0 Å². The number of alkyl halides is 1. The second-order valence-corrected chi connectivity index (χ2v) is 7.27. The molecule has 0 spiro atoms. The van der Waals surface area contributed by atoms with E-state index in [4.69, 9.17) is 39.5 Å². The average molecular weight is 454 g/mol. The molecule has 152 valence electrons. The third-order valence-electron chi connectivity index (χ3n) is 4.01. The van der Waals surface area contributed by atoms with Crippen molar-refractivity contribution in [3.05, 3.63) is 52.5 Å². The van der Waals surface area contributed by atoms with Crippen LogP contribution in [-0.2, 0) is 4.79 Å². The fourth-order valence-corrected chi connectivity index (χ4v) is 2.91. The van der Waals surface area contributed by atoms with E-state index in [2.05, 4.69) is 22.3 Å². The highest BCUT2D eigenvalue weighted by molar-refractivity contribution is 6.42. The van der Waals surface area contributed by atoms with Gasteiger partial charge in [0.05, 0.1) is 22.3 Å². The van der Waals surface area contributed by atoms with Gasteiger partial charge in [-0.1, -0.05) is 36.5 Å². The number of amides is 1. The van der Waals surface area contributed by atoms with Crippen molar-refractivity contribution in [3.8, 4) is 23.1 Å². The number of benzene rings is 2.